The molecule has 0 unspecified atom stereocenters. The molecule has 9 heteroatoms. The molecule has 0 saturated heterocycles. The van der Waals surface area contributed by atoms with Crippen LogP contribution < -0.4 is 9.47 Å². The molecule has 5 rings (SSSR count). The highest BCUT2D eigenvalue weighted by atomic mass is 127. The zero-order chi connectivity index (χ0) is 25.2. The van der Waals surface area contributed by atoms with Crippen molar-refractivity contribution in [1.82, 2.24) is 4.90 Å². The van der Waals surface area contributed by atoms with E-state index >= 15 is 0 Å². The van der Waals surface area contributed by atoms with Crippen LogP contribution in [0.5, 0.6) is 11.5 Å². The molecular weight excluding hydrogens is 592 g/mol. The van der Waals surface area contributed by atoms with E-state index in [4.69, 9.17) is 14.9 Å². The van der Waals surface area contributed by atoms with E-state index in [9.17, 15) is 9.18 Å². The number of aliphatic imine (C=N–C) groups is 1. The minimum atomic E-state index is -0.466. The highest BCUT2D eigenvalue weighted by molar-refractivity contribution is 14.1. The van der Waals surface area contributed by atoms with E-state index < -0.39 is 5.91 Å². The lowest BCUT2D eigenvalue weighted by atomic mass is 10.1. The van der Waals surface area contributed by atoms with Crippen molar-refractivity contribution in [1.29, 1.82) is 5.41 Å². The third kappa shape index (κ3) is 4.80. The molecule has 1 amide bonds. The van der Waals surface area contributed by atoms with Crippen molar-refractivity contribution in [2.24, 2.45) is 4.99 Å². The van der Waals surface area contributed by atoms with Crippen LogP contribution in [-0.4, -0.2) is 28.9 Å². The number of nitrogens with one attached hydrogen (secondary N) is 1. The minimum absolute atomic E-state index is 0.0655. The molecule has 0 radical (unpaired) electrons. The first-order valence-corrected chi connectivity index (χ1v) is 12.8. The number of methoxy groups -OCH3 is 1. The van der Waals surface area contributed by atoms with Gasteiger partial charge in [-0.1, -0.05) is 54.2 Å². The van der Waals surface area contributed by atoms with Gasteiger partial charge in [0.25, 0.3) is 5.91 Å². The van der Waals surface area contributed by atoms with Gasteiger partial charge in [-0.25, -0.2) is 4.39 Å². The number of amides is 1. The summed E-state index contributed by atoms with van der Waals surface area (Å²) in [6.07, 6.45) is 1.64. The molecule has 0 aliphatic carbocycles. The summed E-state index contributed by atoms with van der Waals surface area (Å²) in [4.78, 5) is 18.8. The number of hydrogen-bond acceptors (Lipinski definition) is 5. The number of amidine groups is 2. The lowest BCUT2D eigenvalue weighted by Gasteiger charge is -2.27. The molecule has 0 bridgehead atoms. The topological polar surface area (TPSA) is 75.0 Å². The third-order valence-corrected chi connectivity index (χ3v) is 7.17. The summed E-state index contributed by atoms with van der Waals surface area (Å²) < 4.78 is 25.5. The normalized spacial score (nSPS) is 16.1. The summed E-state index contributed by atoms with van der Waals surface area (Å²) in [7, 11) is 1.54. The Morgan fingerprint density at radius 3 is 2.61 bits per heavy atom. The van der Waals surface area contributed by atoms with Crippen LogP contribution in [0.1, 0.15) is 16.7 Å². The van der Waals surface area contributed by atoms with E-state index in [0.717, 1.165) is 20.4 Å². The van der Waals surface area contributed by atoms with Crippen molar-refractivity contribution < 1.29 is 18.7 Å². The number of fused-ring (bicyclic) bond motifs is 1. The van der Waals surface area contributed by atoms with Crippen LogP contribution >= 0.6 is 34.4 Å². The molecule has 0 aromatic heterocycles. The van der Waals surface area contributed by atoms with Crippen molar-refractivity contribution in [2.45, 2.75) is 6.61 Å². The van der Waals surface area contributed by atoms with Crippen LogP contribution in [-0.2, 0) is 11.4 Å². The summed E-state index contributed by atoms with van der Waals surface area (Å²) in [5, 5.41) is 11.2. The van der Waals surface area contributed by atoms with Crippen LogP contribution in [0.25, 0.3) is 11.8 Å². The van der Waals surface area contributed by atoms with E-state index in [1.54, 1.807) is 29.2 Å². The number of thioether (sulfide) groups is 1. The second-order valence-electron chi connectivity index (χ2n) is 7.88. The first-order valence-electron chi connectivity index (χ1n) is 10.9. The summed E-state index contributed by atoms with van der Waals surface area (Å²) in [6.45, 7) is 0.245. The van der Waals surface area contributed by atoms with Crippen molar-refractivity contribution >= 4 is 63.0 Å². The van der Waals surface area contributed by atoms with E-state index in [-0.39, 0.29) is 23.8 Å². The van der Waals surface area contributed by atoms with Crippen LogP contribution in [0, 0.1) is 14.8 Å². The van der Waals surface area contributed by atoms with E-state index in [0.29, 0.717) is 22.2 Å². The average Bonchev–Trinajstić information content (AvgIpc) is 3.31. The molecule has 0 saturated carbocycles. The number of benzene rings is 3. The highest BCUT2D eigenvalue weighted by Crippen LogP contribution is 2.39. The number of nitrogens with zero attached hydrogens (tertiary/aromatic N) is 2. The molecule has 0 spiro atoms. The molecule has 1 N–H and O–H groups in total. The number of carbonyl (C=O) groups excluding carboxylic acids is 1. The number of carbonyl (C=O) groups is 1. The van der Waals surface area contributed by atoms with Gasteiger partial charge in [-0.15, -0.1) is 0 Å². The standard InChI is InChI=1S/C27H19FIN3O3S/c1-34-23-13-17(12-21(29)24(23)35-14-16-7-9-19(28)10-8-16)11-20-25(30)32-22(18-5-3-2-4-6-18)15-36-27(32)31-26(20)33/h2-13,15,30H,14H2,1H3/b20-11-,30-25?. The maximum Gasteiger partial charge on any atom is 0.283 e. The quantitative estimate of drug-likeness (QED) is 0.261. The Labute approximate surface area is 225 Å². The van der Waals surface area contributed by atoms with E-state index in [1.807, 2.05) is 41.8 Å². The molecule has 6 nitrogen and oxygen atoms in total. The number of ether oxygens (including phenoxy) is 2. The van der Waals surface area contributed by atoms with Gasteiger partial charge in [0.1, 0.15) is 18.3 Å². The van der Waals surface area contributed by atoms with Crippen molar-refractivity contribution in [2.75, 3.05) is 7.11 Å². The van der Waals surface area contributed by atoms with Gasteiger partial charge in [-0.05, 0) is 69.6 Å². The lowest BCUT2D eigenvalue weighted by molar-refractivity contribution is -0.114. The van der Waals surface area contributed by atoms with E-state index in [1.165, 1.54) is 31.0 Å². The summed E-state index contributed by atoms with van der Waals surface area (Å²) in [5.41, 5.74) is 3.42. The van der Waals surface area contributed by atoms with Gasteiger partial charge in [-0.3, -0.25) is 15.1 Å². The van der Waals surface area contributed by atoms with Crippen LogP contribution in [0.2, 0.25) is 0 Å². The molecule has 0 atom stereocenters. The largest absolute Gasteiger partial charge is 0.493 e. The zero-order valence-electron chi connectivity index (χ0n) is 19.0. The van der Waals surface area contributed by atoms with Crippen LogP contribution in [0.3, 0.4) is 0 Å². The Balaban J connectivity index is 1.43. The van der Waals surface area contributed by atoms with Gasteiger partial charge in [0.05, 0.1) is 22.0 Å². The highest BCUT2D eigenvalue weighted by Gasteiger charge is 2.36. The maximum atomic E-state index is 13.2. The molecule has 2 aliphatic heterocycles. The van der Waals surface area contributed by atoms with Crippen LogP contribution in [0.15, 0.2) is 82.7 Å². The Kier molecular flexibility index (Phi) is 6.92. The molecule has 2 aliphatic rings. The van der Waals surface area contributed by atoms with Gasteiger partial charge < -0.3 is 9.47 Å². The fourth-order valence-electron chi connectivity index (χ4n) is 3.78. The number of rotatable bonds is 6. The molecule has 0 fully saturated rings. The first-order chi connectivity index (χ1) is 17.4. The molecule has 180 valence electrons. The second kappa shape index (κ2) is 10.3. The van der Waals surface area contributed by atoms with Gasteiger partial charge in [0.15, 0.2) is 16.7 Å². The molecular formula is C27H19FIN3O3S. The second-order valence-corrected chi connectivity index (χ2v) is 9.88. The van der Waals surface area contributed by atoms with Gasteiger partial charge >= 0.3 is 0 Å². The number of hydrogen-bond donors (Lipinski definition) is 1. The molecule has 36 heavy (non-hydrogen) atoms. The minimum Gasteiger partial charge on any atom is -0.493 e. The third-order valence-electron chi connectivity index (χ3n) is 5.54. The van der Waals surface area contributed by atoms with Crippen LogP contribution in [0.4, 0.5) is 4.39 Å². The molecule has 2 heterocycles. The summed E-state index contributed by atoms with van der Waals surface area (Å²) in [5.74, 6) is 0.320. The van der Waals surface area contributed by atoms with Gasteiger partial charge in [-0.2, -0.15) is 4.99 Å². The maximum absolute atomic E-state index is 13.2. The van der Waals surface area contributed by atoms with Gasteiger partial charge in [0.2, 0.25) is 0 Å². The summed E-state index contributed by atoms with van der Waals surface area (Å²) >= 11 is 3.47. The van der Waals surface area contributed by atoms with Crippen molar-refractivity contribution in [3.05, 3.63) is 104 Å². The first kappa shape index (κ1) is 24.3. The summed E-state index contributed by atoms with van der Waals surface area (Å²) in [6, 6.07) is 19.4. The predicted octanol–water partition coefficient (Wildman–Crippen LogP) is 6.32. The molecule has 3 aromatic carbocycles. The Bertz CT molecular complexity index is 1450. The van der Waals surface area contributed by atoms with Gasteiger partial charge in [0, 0.05) is 5.41 Å². The molecule has 3 aromatic rings. The average molecular weight is 611 g/mol. The Morgan fingerprint density at radius 1 is 1.14 bits per heavy atom. The zero-order valence-corrected chi connectivity index (χ0v) is 22.0. The monoisotopic (exact) mass is 611 g/mol. The SMILES string of the molecule is COc1cc(/C=C2/C(=N)N3C(c4ccccc4)=CSC3=NC2=O)cc(I)c1OCc1ccc(F)cc1. The fourth-order valence-corrected chi connectivity index (χ4v) is 5.45. The lowest BCUT2D eigenvalue weighted by Crippen LogP contribution is -2.38. The Morgan fingerprint density at radius 2 is 1.89 bits per heavy atom. The fraction of sp³-hybridized carbons (Fsp3) is 0.0741. The van der Waals surface area contributed by atoms with Crippen molar-refractivity contribution in [3.63, 3.8) is 0 Å². The Hall–Kier alpha value is -3.44. The smallest absolute Gasteiger partial charge is 0.283 e. The predicted molar refractivity (Wildman–Crippen MR) is 148 cm³/mol. The van der Waals surface area contributed by atoms with E-state index in [2.05, 4.69) is 27.6 Å². The van der Waals surface area contributed by atoms with Crippen molar-refractivity contribution in [3.8, 4) is 11.5 Å². The number of halogens is 2.